The molecule has 0 saturated carbocycles. The predicted octanol–water partition coefficient (Wildman–Crippen LogP) is 3.11. The van der Waals surface area contributed by atoms with Crippen molar-refractivity contribution in [2.45, 2.75) is 25.0 Å². The van der Waals surface area contributed by atoms with Crippen LogP contribution in [0.15, 0.2) is 41.3 Å². The molecular weight excluding hydrogens is 428 g/mol. The third-order valence-corrected chi connectivity index (χ3v) is 7.38. The SMILES string of the molecule is CCOc1ccc(S(=O)(=O)N2CCN(Cc3cc(Cl)cc4c3OCOC4)CC2)cc1. The molecule has 7 nitrogen and oxygen atoms in total. The Bertz CT molecular complexity index is 989. The lowest BCUT2D eigenvalue weighted by Crippen LogP contribution is -2.48. The number of ether oxygens (including phenoxy) is 3. The highest BCUT2D eigenvalue weighted by Crippen LogP contribution is 2.33. The lowest BCUT2D eigenvalue weighted by Gasteiger charge is -2.34. The van der Waals surface area contributed by atoms with E-state index in [1.165, 1.54) is 4.31 Å². The third kappa shape index (κ3) is 4.58. The Morgan fingerprint density at radius 2 is 1.83 bits per heavy atom. The number of rotatable bonds is 6. The van der Waals surface area contributed by atoms with E-state index in [4.69, 9.17) is 25.8 Å². The highest BCUT2D eigenvalue weighted by atomic mass is 35.5. The highest BCUT2D eigenvalue weighted by Gasteiger charge is 2.29. The third-order valence-electron chi connectivity index (χ3n) is 5.25. The normalized spacial score (nSPS) is 17.9. The van der Waals surface area contributed by atoms with Crippen molar-refractivity contribution >= 4 is 21.6 Å². The first-order valence-corrected chi connectivity index (χ1v) is 11.8. The second-order valence-corrected chi connectivity index (χ2v) is 9.62. The number of hydrogen-bond acceptors (Lipinski definition) is 6. The van der Waals surface area contributed by atoms with Crippen LogP contribution in [0.5, 0.6) is 11.5 Å². The minimum Gasteiger partial charge on any atom is -0.494 e. The Labute approximate surface area is 182 Å². The van der Waals surface area contributed by atoms with Gasteiger partial charge in [-0.15, -0.1) is 0 Å². The quantitative estimate of drug-likeness (QED) is 0.670. The molecule has 0 atom stereocenters. The average molecular weight is 453 g/mol. The number of benzene rings is 2. The van der Waals surface area contributed by atoms with Gasteiger partial charge in [0, 0.05) is 48.9 Å². The van der Waals surface area contributed by atoms with Crippen LogP contribution in [-0.2, 0) is 27.9 Å². The van der Waals surface area contributed by atoms with Crippen LogP contribution < -0.4 is 9.47 Å². The summed E-state index contributed by atoms with van der Waals surface area (Å²) in [6.45, 7) is 5.93. The van der Waals surface area contributed by atoms with Gasteiger partial charge in [0.05, 0.1) is 18.1 Å². The summed E-state index contributed by atoms with van der Waals surface area (Å²) in [6, 6.07) is 10.4. The molecular formula is C21H25ClN2O5S. The van der Waals surface area contributed by atoms with Crippen molar-refractivity contribution in [2.75, 3.05) is 39.6 Å². The van der Waals surface area contributed by atoms with Crippen LogP contribution in [-0.4, -0.2) is 57.2 Å². The molecule has 30 heavy (non-hydrogen) atoms. The maximum absolute atomic E-state index is 13.0. The zero-order valence-electron chi connectivity index (χ0n) is 16.8. The number of fused-ring (bicyclic) bond motifs is 1. The van der Waals surface area contributed by atoms with Crippen molar-refractivity contribution in [1.82, 2.24) is 9.21 Å². The molecule has 162 valence electrons. The summed E-state index contributed by atoms with van der Waals surface area (Å²) in [5, 5.41) is 0.648. The maximum atomic E-state index is 13.0. The van der Waals surface area contributed by atoms with Gasteiger partial charge >= 0.3 is 0 Å². The van der Waals surface area contributed by atoms with E-state index in [1.807, 2.05) is 19.1 Å². The lowest BCUT2D eigenvalue weighted by molar-refractivity contribution is -0.0175. The molecule has 2 heterocycles. The minimum absolute atomic E-state index is 0.232. The van der Waals surface area contributed by atoms with Crippen molar-refractivity contribution in [3.8, 4) is 11.5 Å². The fraction of sp³-hybridized carbons (Fsp3) is 0.429. The molecule has 0 N–H and O–H groups in total. The van der Waals surface area contributed by atoms with E-state index in [0.717, 1.165) is 16.9 Å². The fourth-order valence-corrected chi connectivity index (χ4v) is 5.45. The molecule has 0 aromatic heterocycles. The Morgan fingerprint density at radius 3 is 2.53 bits per heavy atom. The molecule has 0 spiro atoms. The molecule has 2 aromatic rings. The predicted molar refractivity (Wildman–Crippen MR) is 113 cm³/mol. The van der Waals surface area contributed by atoms with Gasteiger partial charge in [-0.05, 0) is 43.3 Å². The van der Waals surface area contributed by atoms with Crippen LogP contribution in [0.4, 0.5) is 0 Å². The summed E-state index contributed by atoms with van der Waals surface area (Å²) >= 11 is 6.26. The van der Waals surface area contributed by atoms with E-state index in [2.05, 4.69) is 4.90 Å². The smallest absolute Gasteiger partial charge is 0.243 e. The zero-order valence-corrected chi connectivity index (χ0v) is 18.4. The van der Waals surface area contributed by atoms with Crippen LogP contribution in [0.3, 0.4) is 0 Å². The zero-order chi connectivity index (χ0) is 21.1. The molecule has 0 radical (unpaired) electrons. The van der Waals surface area contributed by atoms with Crippen LogP contribution >= 0.6 is 11.6 Å². The molecule has 9 heteroatoms. The van der Waals surface area contributed by atoms with E-state index in [0.29, 0.717) is 56.7 Å². The Hall–Kier alpha value is -1.84. The number of hydrogen-bond donors (Lipinski definition) is 0. The van der Waals surface area contributed by atoms with E-state index in [-0.39, 0.29) is 11.7 Å². The first-order valence-electron chi connectivity index (χ1n) is 9.94. The van der Waals surface area contributed by atoms with Crippen LogP contribution in [0, 0.1) is 0 Å². The summed E-state index contributed by atoms with van der Waals surface area (Å²) in [5.41, 5.74) is 1.95. The molecule has 0 bridgehead atoms. The van der Waals surface area contributed by atoms with Crippen LogP contribution in [0.1, 0.15) is 18.1 Å². The fourth-order valence-electron chi connectivity index (χ4n) is 3.77. The first kappa shape index (κ1) is 21.4. The number of nitrogens with zero attached hydrogens (tertiary/aromatic N) is 2. The molecule has 0 aliphatic carbocycles. The number of halogens is 1. The van der Waals surface area contributed by atoms with Crippen molar-refractivity contribution < 1.29 is 22.6 Å². The van der Waals surface area contributed by atoms with Crippen LogP contribution in [0.2, 0.25) is 5.02 Å². The van der Waals surface area contributed by atoms with Gasteiger partial charge in [0.2, 0.25) is 10.0 Å². The molecule has 1 saturated heterocycles. The minimum atomic E-state index is -3.52. The monoisotopic (exact) mass is 452 g/mol. The van der Waals surface area contributed by atoms with Gasteiger partial charge in [0.25, 0.3) is 0 Å². The highest BCUT2D eigenvalue weighted by molar-refractivity contribution is 7.89. The van der Waals surface area contributed by atoms with Gasteiger partial charge < -0.3 is 14.2 Å². The Morgan fingerprint density at radius 1 is 1.10 bits per heavy atom. The van der Waals surface area contributed by atoms with Gasteiger partial charge in [-0.1, -0.05) is 11.6 Å². The molecule has 0 amide bonds. The molecule has 2 aliphatic heterocycles. The standard InChI is InChI=1S/C21H25ClN2O5S/c1-2-28-19-3-5-20(6-4-19)30(25,26)24-9-7-23(8-10-24)13-16-11-18(22)12-17-14-27-15-29-21(16)17/h3-6,11-12H,2,7-10,13-15H2,1H3. The van der Waals surface area contributed by atoms with Crippen LogP contribution in [0.25, 0.3) is 0 Å². The molecule has 1 fully saturated rings. The van der Waals surface area contributed by atoms with Crippen molar-refractivity contribution in [1.29, 1.82) is 0 Å². The van der Waals surface area contributed by atoms with Gasteiger partial charge in [0.15, 0.2) is 6.79 Å². The summed E-state index contributed by atoms with van der Waals surface area (Å²) in [7, 11) is -3.52. The maximum Gasteiger partial charge on any atom is 0.243 e. The average Bonchev–Trinajstić information content (AvgIpc) is 2.75. The topological polar surface area (TPSA) is 68.3 Å². The van der Waals surface area contributed by atoms with Gasteiger partial charge in [-0.25, -0.2) is 8.42 Å². The number of sulfonamides is 1. The first-order chi connectivity index (χ1) is 14.5. The number of piperazine rings is 1. The summed E-state index contributed by atoms with van der Waals surface area (Å²) in [5.74, 6) is 1.49. The largest absolute Gasteiger partial charge is 0.494 e. The van der Waals surface area contributed by atoms with Crippen molar-refractivity contribution in [2.24, 2.45) is 0 Å². The second-order valence-electron chi connectivity index (χ2n) is 7.25. The summed E-state index contributed by atoms with van der Waals surface area (Å²) < 4.78 is 43.9. The van der Waals surface area contributed by atoms with Gasteiger partial charge in [-0.3, -0.25) is 4.90 Å². The van der Waals surface area contributed by atoms with E-state index < -0.39 is 10.0 Å². The molecule has 4 rings (SSSR count). The van der Waals surface area contributed by atoms with E-state index in [1.54, 1.807) is 24.3 Å². The van der Waals surface area contributed by atoms with E-state index >= 15 is 0 Å². The molecule has 0 unspecified atom stereocenters. The lowest BCUT2D eigenvalue weighted by atomic mass is 10.1. The summed E-state index contributed by atoms with van der Waals surface area (Å²) in [4.78, 5) is 2.51. The molecule has 2 aromatic carbocycles. The van der Waals surface area contributed by atoms with Gasteiger partial charge in [-0.2, -0.15) is 4.31 Å². The summed E-state index contributed by atoms with van der Waals surface area (Å²) in [6.07, 6.45) is 0. The van der Waals surface area contributed by atoms with Crippen molar-refractivity contribution in [3.63, 3.8) is 0 Å². The second kappa shape index (κ2) is 9.11. The van der Waals surface area contributed by atoms with Crippen molar-refractivity contribution in [3.05, 3.63) is 52.5 Å². The van der Waals surface area contributed by atoms with Gasteiger partial charge in [0.1, 0.15) is 11.5 Å². The van der Waals surface area contributed by atoms with E-state index in [9.17, 15) is 8.42 Å². The molecule has 2 aliphatic rings. The Kier molecular flexibility index (Phi) is 6.50. The Balaban J connectivity index is 1.41.